The number of rotatable bonds is 8. The van der Waals surface area contributed by atoms with Gasteiger partial charge in [-0.2, -0.15) is 0 Å². The van der Waals surface area contributed by atoms with Gasteiger partial charge in [-0.1, -0.05) is 25.1 Å². The highest BCUT2D eigenvalue weighted by molar-refractivity contribution is 7.99. The van der Waals surface area contributed by atoms with Crippen LogP contribution in [0, 0.1) is 5.92 Å². The van der Waals surface area contributed by atoms with E-state index in [1.807, 2.05) is 24.9 Å². The van der Waals surface area contributed by atoms with Crippen molar-refractivity contribution in [1.82, 2.24) is 15.5 Å². The Kier molecular flexibility index (Phi) is 9.02. The van der Waals surface area contributed by atoms with Crippen LogP contribution in [0.15, 0.2) is 40.2 Å². The van der Waals surface area contributed by atoms with E-state index in [2.05, 4.69) is 51.7 Å². The summed E-state index contributed by atoms with van der Waals surface area (Å²) in [4.78, 5) is 8.08. The molecular formula is C18H30N4OS. The predicted molar refractivity (Wildman–Crippen MR) is 103 cm³/mol. The van der Waals surface area contributed by atoms with Crippen LogP contribution in [0.2, 0.25) is 0 Å². The molecule has 1 fully saturated rings. The van der Waals surface area contributed by atoms with Crippen molar-refractivity contribution in [3.05, 3.63) is 30.3 Å². The zero-order valence-electron chi connectivity index (χ0n) is 14.8. The first kappa shape index (κ1) is 19.1. The van der Waals surface area contributed by atoms with Gasteiger partial charge < -0.3 is 15.4 Å². The molecule has 1 heterocycles. The summed E-state index contributed by atoms with van der Waals surface area (Å²) in [7, 11) is 1.83. The van der Waals surface area contributed by atoms with Crippen molar-refractivity contribution in [2.24, 2.45) is 10.9 Å². The largest absolute Gasteiger partial charge is 0.379 e. The SMILES string of the molecule is CN=C(NCCSc1ccccc1)NCC(C)CN1CCOCC1. The van der Waals surface area contributed by atoms with Gasteiger partial charge >= 0.3 is 0 Å². The average Bonchev–Trinajstić information content (AvgIpc) is 2.63. The molecule has 0 spiro atoms. The summed E-state index contributed by atoms with van der Waals surface area (Å²) < 4.78 is 5.40. The maximum absolute atomic E-state index is 5.40. The molecule has 0 aliphatic carbocycles. The van der Waals surface area contributed by atoms with Crippen molar-refractivity contribution in [3.8, 4) is 0 Å². The van der Waals surface area contributed by atoms with Gasteiger partial charge in [0.1, 0.15) is 0 Å². The fourth-order valence-electron chi connectivity index (χ4n) is 2.64. The summed E-state index contributed by atoms with van der Waals surface area (Å²) in [6, 6.07) is 10.5. The van der Waals surface area contributed by atoms with Gasteiger partial charge in [0.05, 0.1) is 13.2 Å². The fraction of sp³-hybridized carbons (Fsp3) is 0.611. The molecule has 1 aliphatic heterocycles. The van der Waals surface area contributed by atoms with Crippen LogP contribution in [-0.2, 0) is 4.74 Å². The highest BCUT2D eigenvalue weighted by Crippen LogP contribution is 2.15. The number of aliphatic imine (C=N–C) groups is 1. The minimum absolute atomic E-state index is 0.584. The van der Waals surface area contributed by atoms with Gasteiger partial charge in [0.25, 0.3) is 0 Å². The lowest BCUT2D eigenvalue weighted by molar-refractivity contribution is 0.0320. The third-order valence-electron chi connectivity index (χ3n) is 3.92. The van der Waals surface area contributed by atoms with Crippen LogP contribution in [-0.4, -0.2) is 69.6 Å². The van der Waals surface area contributed by atoms with Crippen molar-refractivity contribution in [2.45, 2.75) is 11.8 Å². The number of thioether (sulfide) groups is 1. The Bertz CT molecular complexity index is 477. The molecule has 2 rings (SSSR count). The lowest BCUT2D eigenvalue weighted by atomic mass is 10.1. The summed E-state index contributed by atoms with van der Waals surface area (Å²) >= 11 is 1.86. The molecule has 2 N–H and O–H groups in total. The molecule has 5 nitrogen and oxygen atoms in total. The smallest absolute Gasteiger partial charge is 0.191 e. The zero-order chi connectivity index (χ0) is 17.0. The van der Waals surface area contributed by atoms with Crippen molar-refractivity contribution in [3.63, 3.8) is 0 Å². The molecule has 0 radical (unpaired) electrons. The van der Waals surface area contributed by atoms with E-state index in [-0.39, 0.29) is 0 Å². The number of nitrogens with zero attached hydrogens (tertiary/aromatic N) is 2. The maximum atomic E-state index is 5.40. The van der Waals surface area contributed by atoms with Crippen LogP contribution < -0.4 is 10.6 Å². The lowest BCUT2D eigenvalue weighted by Gasteiger charge is -2.29. The van der Waals surface area contributed by atoms with Crippen molar-refractivity contribution >= 4 is 17.7 Å². The first-order chi connectivity index (χ1) is 11.8. The van der Waals surface area contributed by atoms with Gasteiger partial charge in [-0.3, -0.25) is 9.89 Å². The van der Waals surface area contributed by atoms with Crippen molar-refractivity contribution < 1.29 is 4.74 Å². The Morgan fingerprint density at radius 1 is 1.25 bits per heavy atom. The molecule has 1 unspecified atom stereocenters. The number of benzene rings is 1. The Morgan fingerprint density at radius 3 is 2.71 bits per heavy atom. The summed E-state index contributed by atoms with van der Waals surface area (Å²) in [5, 5.41) is 6.81. The highest BCUT2D eigenvalue weighted by atomic mass is 32.2. The van der Waals surface area contributed by atoms with E-state index in [9.17, 15) is 0 Å². The molecule has 6 heteroatoms. The number of hydrogen-bond donors (Lipinski definition) is 2. The molecule has 0 aromatic heterocycles. The summed E-state index contributed by atoms with van der Waals surface area (Å²) in [6.45, 7) is 9.05. The highest BCUT2D eigenvalue weighted by Gasteiger charge is 2.13. The molecule has 1 aromatic rings. The van der Waals surface area contributed by atoms with Crippen molar-refractivity contribution in [2.75, 3.05) is 58.7 Å². The van der Waals surface area contributed by atoms with Crippen LogP contribution in [0.4, 0.5) is 0 Å². The molecule has 24 heavy (non-hydrogen) atoms. The van der Waals surface area contributed by atoms with Gasteiger partial charge in [-0.05, 0) is 18.1 Å². The number of guanidine groups is 1. The molecule has 1 saturated heterocycles. The van der Waals surface area contributed by atoms with Crippen LogP contribution >= 0.6 is 11.8 Å². The molecule has 1 atom stereocenters. The molecule has 0 amide bonds. The second-order valence-electron chi connectivity index (χ2n) is 6.06. The standard InChI is InChI=1S/C18H30N4OS/c1-16(15-22-9-11-23-12-10-22)14-21-18(19-2)20-8-13-24-17-6-4-3-5-7-17/h3-7,16H,8-15H2,1-2H3,(H2,19,20,21). The Balaban J connectivity index is 1.57. The normalized spacial score (nSPS) is 17.5. The van der Waals surface area contributed by atoms with Gasteiger partial charge in [-0.25, -0.2) is 0 Å². The lowest BCUT2D eigenvalue weighted by Crippen LogP contribution is -2.44. The number of nitrogens with one attached hydrogen (secondary N) is 2. The molecule has 0 saturated carbocycles. The molecule has 1 aliphatic rings. The van der Waals surface area contributed by atoms with Crippen LogP contribution in [0.25, 0.3) is 0 Å². The van der Waals surface area contributed by atoms with Crippen LogP contribution in [0.1, 0.15) is 6.92 Å². The van der Waals surface area contributed by atoms with E-state index in [1.54, 1.807) is 0 Å². The fourth-order valence-corrected chi connectivity index (χ4v) is 3.43. The van der Waals surface area contributed by atoms with Crippen LogP contribution in [0.5, 0.6) is 0 Å². The van der Waals surface area contributed by atoms with E-state index >= 15 is 0 Å². The van der Waals surface area contributed by atoms with Gasteiger partial charge in [0, 0.05) is 50.4 Å². The zero-order valence-corrected chi connectivity index (χ0v) is 15.6. The Hall–Kier alpha value is -1.24. The average molecular weight is 351 g/mol. The van der Waals surface area contributed by atoms with E-state index in [4.69, 9.17) is 4.74 Å². The molecule has 1 aromatic carbocycles. The van der Waals surface area contributed by atoms with E-state index in [0.29, 0.717) is 5.92 Å². The maximum Gasteiger partial charge on any atom is 0.191 e. The van der Waals surface area contributed by atoms with E-state index in [0.717, 1.165) is 57.6 Å². The summed E-state index contributed by atoms with van der Waals surface area (Å²) in [5.41, 5.74) is 0. The number of ether oxygens (including phenoxy) is 1. The minimum atomic E-state index is 0.584. The van der Waals surface area contributed by atoms with Gasteiger partial charge in [-0.15, -0.1) is 11.8 Å². The first-order valence-corrected chi connectivity index (χ1v) is 9.69. The topological polar surface area (TPSA) is 48.9 Å². The Morgan fingerprint density at radius 2 is 2.00 bits per heavy atom. The minimum Gasteiger partial charge on any atom is -0.379 e. The predicted octanol–water partition coefficient (Wildman–Crippen LogP) is 1.91. The summed E-state index contributed by atoms with van der Waals surface area (Å²) in [5.74, 6) is 2.49. The third kappa shape index (κ3) is 7.55. The molecular weight excluding hydrogens is 320 g/mol. The quantitative estimate of drug-likeness (QED) is 0.325. The van der Waals surface area contributed by atoms with Gasteiger partial charge in [0.2, 0.25) is 0 Å². The second-order valence-corrected chi connectivity index (χ2v) is 7.23. The van der Waals surface area contributed by atoms with Gasteiger partial charge in [0.15, 0.2) is 5.96 Å². The van der Waals surface area contributed by atoms with E-state index < -0.39 is 0 Å². The van der Waals surface area contributed by atoms with Crippen molar-refractivity contribution in [1.29, 1.82) is 0 Å². The first-order valence-electron chi connectivity index (χ1n) is 8.70. The number of morpholine rings is 1. The molecule has 134 valence electrons. The monoisotopic (exact) mass is 350 g/mol. The molecule has 0 bridgehead atoms. The number of hydrogen-bond acceptors (Lipinski definition) is 4. The third-order valence-corrected chi connectivity index (χ3v) is 4.94. The van der Waals surface area contributed by atoms with E-state index in [1.165, 1.54) is 4.90 Å². The second kappa shape index (κ2) is 11.3. The van der Waals surface area contributed by atoms with Crippen LogP contribution in [0.3, 0.4) is 0 Å². The Labute approximate surface area is 150 Å². The summed E-state index contributed by atoms with van der Waals surface area (Å²) in [6.07, 6.45) is 0.